The van der Waals surface area contributed by atoms with Gasteiger partial charge >= 0.3 is 5.69 Å². The third-order valence-corrected chi connectivity index (χ3v) is 4.27. The van der Waals surface area contributed by atoms with Gasteiger partial charge in [-0.05, 0) is 59.1 Å². The molecule has 0 aliphatic rings. The normalized spacial score (nSPS) is 11.0. The molecule has 0 saturated carbocycles. The first-order valence-corrected chi connectivity index (χ1v) is 7.28. The van der Waals surface area contributed by atoms with Gasteiger partial charge in [0.25, 0.3) is 0 Å². The highest BCUT2D eigenvalue weighted by atomic mass is 79.9. The fourth-order valence-electron chi connectivity index (χ4n) is 2.27. The third-order valence-electron chi connectivity index (χ3n) is 3.62. The Hall–Kier alpha value is -2.14. The molecule has 5 heteroatoms. The van der Waals surface area contributed by atoms with E-state index in [4.69, 9.17) is 0 Å². The number of carbonyl (C=O) groups excluding carboxylic acids is 1. The van der Waals surface area contributed by atoms with E-state index in [-0.39, 0.29) is 11.5 Å². The lowest BCUT2D eigenvalue weighted by Gasteiger charge is -2.07. The van der Waals surface area contributed by atoms with Crippen LogP contribution in [-0.4, -0.2) is 15.8 Å². The van der Waals surface area contributed by atoms with Gasteiger partial charge in [0.15, 0.2) is 5.78 Å². The lowest BCUT2D eigenvalue weighted by molar-refractivity contribution is 0.103. The molecule has 0 aliphatic carbocycles. The number of aromatic nitrogens is 2. The van der Waals surface area contributed by atoms with Crippen LogP contribution >= 0.6 is 15.9 Å². The quantitative estimate of drug-likeness (QED) is 0.699. The third kappa shape index (κ3) is 2.45. The molecule has 0 unspecified atom stereocenters. The van der Waals surface area contributed by atoms with Crippen molar-refractivity contribution in [3.63, 3.8) is 0 Å². The van der Waals surface area contributed by atoms with Crippen molar-refractivity contribution < 1.29 is 4.79 Å². The maximum absolute atomic E-state index is 12.6. The predicted molar refractivity (Wildman–Crippen MR) is 86.0 cm³/mol. The van der Waals surface area contributed by atoms with E-state index < -0.39 is 0 Å². The van der Waals surface area contributed by atoms with Gasteiger partial charge < -0.3 is 9.97 Å². The van der Waals surface area contributed by atoms with Crippen molar-refractivity contribution in [3.05, 3.63) is 67.5 Å². The SMILES string of the molecule is Cc1ccc(C(=O)c2cc3[nH]c(=O)[nH]c3cc2Br)cc1C. The number of nitrogens with one attached hydrogen (secondary N) is 2. The minimum atomic E-state index is -0.285. The average molecular weight is 345 g/mol. The van der Waals surface area contributed by atoms with Crippen molar-refractivity contribution in [2.75, 3.05) is 0 Å². The Bertz CT molecular complexity index is 922. The Balaban J connectivity index is 2.14. The molecule has 4 nitrogen and oxygen atoms in total. The van der Waals surface area contributed by atoms with Crippen LogP contribution in [0.1, 0.15) is 27.0 Å². The zero-order chi connectivity index (χ0) is 15.1. The summed E-state index contributed by atoms with van der Waals surface area (Å²) in [5, 5.41) is 0. The van der Waals surface area contributed by atoms with Crippen molar-refractivity contribution in [1.82, 2.24) is 9.97 Å². The number of fused-ring (bicyclic) bond motifs is 1. The van der Waals surface area contributed by atoms with E-state index in [1.165, 1.54) is 0 Å². The molecule has 106 valence electrons. The summed E-state index contributed by atoms with van der Waals surface area (Å²) in [6.07, 6.45) is 0. The average Bonchev–Trinajstić information content (AvgIpc) is 2.79. The van der Waals surface area contributed by atoms with Crippen molar-refractivity contribution in [1.29, 1.82) is 0 Å². The highest BCUT2D eigenvalue weighted by Crippen LogP contribution is 2.25. The van der Waals surface area contributed by atoms with E-state index in [9.17, 15) is 9.59 Å². The van der Waals surface area contributed by atoms with Crippen molar-refractivity contribution >= 4 is 32.7 Å². The summed E-state index contributed by atoms with van der Waals surface area (Å²) < 4.78 is 0.661. The van der Waals surface area contributed by atoms with Crippen LogP contribution in [0.15, 0.2) is 39.6 Å². The molecular weight excluding hydrogens is 332 g/mol. The van der Waals surface area contributed by atoms with Gasteiger partial charge in [0, 0.05) is 15.6 Å². The van der Waals surface area contributed by atoms with E-state index in [2.05, 4.69) is 25.9 Å². The van der Waals surface area contributed by atoms with Crippen LogP contribution in [0, 0.1) is 13.8 Å². The van der Waals surface area contributed by atoms with Crippen LogP contribution in [0.3, 0.4) is 0 Å². The summed E-state index contributed by atoms with van der Waals surface area (Å²) in [7, 11) is 0. The Labute approximate surface area is 129 Å². The summed E-state index contributed by atoms with van der Waals surface area (Å²) in [4.78, 5) is 29.3. The highest BCUT2D eigenvalue weighted by Gasteiger charge is 2.15. The van der Waals surface area contributed by atoms with Crippen LogP contribution in [0.4, 0.5) is 0 Å². The number of rotatable bonds is 2. The van der Waals surface area contributed by atoms with Gasteiger partial charge in [-0.2, -0.15) is 0 Å². The fraction of sp³-hybridized carbons (Fsp3) is 0.125. The standard InChI is InChI=1S/C16H13BrN2O2/c1-8-3-4-10(5-9(8)2)15(20)11-6-13-14(7-12(11)17)19-16(21)18-13/h3-7H,1-2H3,(H2,18,19,21). The molecule has 1 heterocycles. The van der Waals surface area contributed by atoms with E-state index in [0.29, 0.717) is 26.6 Å². The Kier molecular flexibility index (Phi) is 3.29. The Morgan fingerprint density at radius 1 is 1.00 bits per heavy atom. The molecule has 2 aromatic carbocycles. The first-order chi connectivity index (χ1) is 9.95. The van der Waals surface area contributed by atoms with Crippen LogP contribution in [0.25, 0.3) is 11.0 Å². The van der Waals surface area contributed by atoms with Gasteiger partial charge in [-0.25, -0.2) is 4.79 Å². The zero-order valence-corrected chi connectivity index (χ0v) is 13.2. The molecular formula is C16H13BrN2O2. The van der Waals surface area contributed by atoms with Crippen molar-refractivity contribution in [2.45, 2.75) is 13.8 Å². The number of aryl methyl sites for hydroxylation is 2. The van der Waals surface area contributed by atoms with E-state index in [1.807, 2.05) is 32.0 Å². The summed E-state index contributed by atoms with van der Waals surface area (Å²) in [6.45, 7) is 3.99. The first-order valence-electron chi connectivity index (χ1n) is 6.49. The largest absolute Gasteiger partial charge is 0.323 e. The summed E-state index contributed by atoms with van der Waals surface area (Å²) >= 11 is 3.40. The number of H-pyrrole nitrogens is 2. The van der Waals surface area contributed by atoms with Gasteiger partial charge in [-0.3, -0.25) is 4.79 Å². The number of aromatic amines is 2. The number of imidazole rings is 1. The second-order valence-corrected chi connectivity index (χ2v) is 5.94. The number of carbonyl (C=O) groups is 1. The molecule has 3 rings (SSSR count). The van der Waals surface area contributed by atoms with Crippen molar-refractivity contribution in [3.8, 4) is 0 Å². The van der Waals surface area contributed by atoms with Gasteiger partial charge in [0.1, 0.15) is 0 Å². The van der Waals surface area contributed by atoms with Gasteiger partial charge in [0.05, 0.1) is 11.0 Å². The van der Waals surface area contributed by atoms with Crippen molar-refractivity contribution in [2.24, 2.45) is 0 Å². The second kappa shape index (κ2) is 5.00. The molecule has 0 atom stereocenters. The molecule has 0 radical (unpaired) electrons. The number of hydrogen-bond donors (Lipinski definition) is 2. The molecule has 2 N–H and O–H groups in total. The fourth-order valence-corrected chi connectivity index (χ4v) is 2.79. The van der Waals surface area contributed by atoms with Crippen LogP contribution < -0.4 is 5.69 Å². The highest BCUT2D eigenvalue weighted by molar-refractivity contribution is 9.10. The minimum absolute atomic E-state index is 0.0751. The number of ketones is 1. The molecule has 0 fully saturated rings. The lowest BCUT2D eigenvalue weighted by atomic mass is 9.99. The molecule has 0 bridgehead atoms. The van der Waals surface area contributed by atoms with E-state index in [1.54, 1.807) is 12.1 Å². The topological polar surface area (TPSA) is 65.7 Å². The van der Waals surface area contributed by atoms with E-state index >= 15 is 0 Å². The van der Waals surface area contributed by atoms with Gasteiger partial charge in [-0.15, -0.1) is 0 Å². The first kappa shape index (κ1) is 13.8. The van der Waals surface area contributed by atoms with E-state index in [0.717, 1.165) is 11.1 Å². The molecule has 1 aromatic heterocycles. The Morgan fingerprint density at radius 3 is 2.33 bits per heavy atom. The molecule has 3 aromatic rings. The molecule has 0 spiro atoms. The van der Waals surface area contributed by atoms with Gasteiger partial charge in [-0.1, -0.05) is 12.1 Å². The molecule has 0 aliphatic heterocycles. The van der Waals surface area contributed by atoms with Crippen LogP contribution in [0.5, 0.6) is 0 Å². The minimum Gasteiger partial charge on any atom is -0.306 e. The monoisotopic (exact) mass is 344 g/mol. The maximum atomic E-state index is 12.6. The summed E-state index contributed by atoms with van der Waals surface area (Å²) in [5.74, 6) is -0.0751. The zero-order valence-electron chi connectivity index (χ0n) is 11.6. The Morgan fingerprint density at radius 2 is 1.67 bits per heavy atom. The predicted octanol–water partition coefficient (Wildman–Crippen LogP) is 3.47. The maximum Gasteiger partial charge on any atom is 0.323 e. The molecule has 0 saturated heterocycles. The second-order valence-electron chi connectivity index (χ2n) is 5.08. The number of hydrogen-bond acceptors (Lipinski definition) is 2. The summed E-state index contributed by atoms with van der Waals surface area (Å²) in [6, 6.07) is 9.07. The number of benzene rings is 2. The summed E-state index contributed by atoms with van der Waals surface area (Å²) in [5.41, 5.74) is 4.40. The van der Waals surface area contributed by atoms with Crippen LogP contribution in [0.2, 0.25) is 0 Å². The van der Waals surface area contributed by atoms with Crippen LogP contribution in [-0.2, 0) is 0 Å². The smallest absolute Gasteiger partial charge is 0.306 e. The molecule has 0 amide bonds. The lowest BCUT2D eigenvalue weighted by Crippen LogP contribution is -2.03. The van der Waals surface area contributed by atoms with Gasteiger partial charge in [0.2, 0.25) is 0 Å². The molecule has 21 heavy (non-hydrogen) atoms. The number of halogens is 1.